The standard InChI is InChI=1S/C18H23BrN4OSi/c1-18(2,3)25(4,5)24-12-15-8-9-20-17(22-15)23-16-10-14(19)7-6-13(16)11-21-23/h6-11H,12H2,1-5H3. The molecule has 5 nitrogen and oxygen atoms in total. The van der Waals surface area contributed by atoms with E-state index in [0.29, 0.717) is 12.6 Å². The van der Waals surface area contributed by atoms with Gasteiger partial charge in [0.1, 0.15) is 0 Å². The summed E-state index contributed by atoms with van der Waals surface area (Å²) in [7, 11) is -1.81. The minimum Gasteiger partial charge on any atom is -0.411 e. The van der Waals surface area contributed by atoms with Gasteiger partial charge in [-0.15, -0.1) is 0 Å². The summed E-state index contributed by atoms with van der Waals surface area (Å²) in [5, 5.41) is 5.66. The number of hydrogen-bond acceptors (Lipinski definition) is 4. The molecular weight excluding hydrogens is 396 g/mol. The van der Waals surface area contributed by atoms with Gasteiger partial charge in [-0.05, 0) is 36.3 Å². The molecule has 0 atom stereocenters. The first-order chi connectivity index (χ1) is 11.7. The molecular formula is C18H23BrN4OSi. The predicted molar refractivity (Wildman–Crippen MR) is 106 cm³/mol. The molecule has 0 amide bonds. The van der Waals surface area contributed by atoms with Crippen LogP contribution in [0.15, 0.2) is 41.1 Å². The van der Waals surface area contributed by atoms with E-state index >= 15 is 0 Å². The Kier molecular flexibility index (Phi) is 4.83. The van der Waals surface area contributed by atoms with Gasteiger partial charge in [0.15, 0.2) is 8.32 Å². The summed E-state index contributed by atoms with van der Waals surface area (Å²) in [6.45, 7) is 11.7. The summed E-state index contributed by atoms with van der Waals surface area (Å²) in [6, 6.07) is 7.94. The molecule has 0 fully saturated rings. The van der Waals surface area contributed by atoms with Gasteiger partial charge in [0.05, 0.1) is 24.0 Å². The Morgan fingerprint density at radius 1 is 1.20 bits per heavy atom. The molecule has 7 heteroatoms. The van der Waals surface area contributed by atoms with Gasteiger partial charge < -0.3 is 4.43 Å². The molecule has 3 rings (SSSR count). The van der Waals surface area contributed by atoms with Gasteiger partial charge in [0.25, 0.3) is 5.95 Å². The number of nitrogens with zero attached hydrogens (tertiary/aromatic N) is 4. The highest BCUT2D eigenvalue weighted by molar-refractivity contribution is 9.10. The van der Waals surface area contributed by atoms with Crippen LogP contribution in [-0.4, -0.2) is 28.1 Å². The average molecular weight is 419 g/mol. The van der Waals surface area contributed by atoms with E-state index in [1.165, 1.54) is 0 Å². The Morgan fingerprint density at radius 2 is 1.96 bits per heavy atom. The third kappa shape index (κ3) is 3.83. The molecule has 0 radical (unpaired) electrons. The molecule has 132 valence electrons. The van der Waals surface area contributed by atoms with Crippen molar-refractivity contribution in [1.82, 2.24) is 19.7 Å². The highest BCUT2D eigenvalue weighted by Crippen LogP contribution is 2.37. The Morgan fingerprint density at radius 3 is 2.68 bits per heavy atom. The molecule has 0 aliphatic heterocycles. The van der Waals surface area contributed by atoms with E-state index in [-0.39, 0.29) is 5.04 Å². The van der Waals surface area contributed by atoms with Crippen LogP contribution >= 0.6 is 15.9 Å². The summed E-state index contributed by atoms with van der Waals surface area (Å²) in [4.78, 5) is 9.04. The van der Waals surface area contributed by atoms with Crippen molar-refractivity contribution in [3.8, 4) is 5.95 Å². The number of aromatic nitrogens is 4. The third-order valence-corrected chi connectivity index (χ3v) is 9.78. The average Bonchev–Trinajstić information content (AvgIpc) is 2.95. The van der Waals surface area contributed by atoms with Gasteiger partial charge in [-0.3, -0.25) is 0 Å². The molecule has 0 saturated carbocycles. The highest BCUT2D eigenvalue weighted by atomic mass is 79.9. The number of halogens is 1. The van der Waals surface area contributed by atoms with Gasteiger partial charge in [-0.25, -0.2) is 9.97 Å². The van der Waals surface area contributed by atoms with Crippen LogP contribution in [0.2, 0.25) is 18.1 Å². The molecule has 0 aliphatic rings. The molecule has 0 spiro atoms. The lowest BCUT2D eigenvalue weighted by atomic mass is 10.2. The summed E-state index contributed by atoms with van der Waals surface area (Å²) in [5.41, 5.74) is 1.84. The molecule has 0 unspecified atom stereocenters. The van der Waals surface area contributed by atoms with Gasteiger partial charge in [-0.2, -0.15) is 9.78 Å². The maximum absolute atomic E-state index is 6.27. The SMILES string of the molecule is CC(C)(C)[Si](C)(C)OCc1ccnc(-n2ncc3ccc(Br)cc32)n1. The van der Waals surface area contributed by atoms with Crippen LogP contribution in [0.5, 0.6) is 0 Å². The maximum Gasteiger partial charge on any atom is 0.251 e. The van der Waals surface area contributed by atoms with Gasteiger partial charge in [-0.1, -0.05) is 42.8 Å². The van der Waals surface area contributed by atoms with E-state index in [4.69, 9.17) is 4.43 Å². The van der Waals surface area contributed by atoms with Crippen LogP contribution in [0.3, 0.4) is 0 Å². The lowest BCUT2D eigenvalue weighted by Gasteiger charge is -2.36. The number of hydrogen-bond donors (Lipinski definition) is 0. The van der Waals surface area contributed by atoms with Crippen LogP contribution in [0.4, 0.5) is 0 Å². The van der Waals surface area contributed by atoms with Crippen molar-refractivity contribution >= 4 is 35.2 Å². The lowest BCUT2D eigenvalue weighted by molar-refractivity contribution is 0.271. The van der Waals surface area contributed by atoms with E-state index in [1.54, 1.807) is 10.9 Å². The summed E-state index contributed by atoms with van der Waals surface area (Å²) >= 11 is 3.51. The maximum atomic E-state index is 6.27. The lowest BCUT2D eigenvalue weighted by Crippen LogP contribution is -2.40. The Bertz CT molecular complexity index is 901. The Balaban J connectivity index is 1.88. The second-order valence-corrected chi connectivity index (χ2v) is 13.4. The Labute approximate surface area is 157 Å². The highest BCUT2D eigenvalue weighted by Gasteiger charge is 2.37. The van der Waals surface area contributed by atoms with Gasteiger partial charge >= 0.3 is 0 Å². The summed E-state index contributed by atoms with van der Waals surface area (Å²) < 4.78 is 9.03. The molecule has 0 saturated heterocycles. The first-order valence-electron chi connectivity index (χ1n) is 8.27. The minimum absolute atomic E-state index is 0.174. The largest absolute Gasteiger partial charge is 0.411 e. The topological polar surface area (TPSA) is 52.8 Å². The second kappa shape index (κ2) is 6.62. The monoisotopic (exact) mass is 418 g/mol. The van der Waals surface area contributed by atoms with E-state index < -0.39 is 8.32 Å². The van der Waals surface area contributed by atoms with Crippen molar-refractivity contribution in [2.45, 2.75) is 45.5 Å². The fraction of sp³-hybridized carbons (Fsp3) is 0.389. The fourth-order valence-electron chi connectivity index (χ4n) is 2.19. The second-order valence-electron chi connectivity index (χ2n) is 7.66. The molecule has 1 aromatic carbocycles. The summed E-state index contributed by atoms with van der Waals surface area (Å²) in [6.07, 6.45) is 3.59. The van der Waals surface area contributed by atoms with Crippen molar-refractivity contribution in [3.63, 3.8) is 0 Å². The predicted octanol–water partition coefficient (Wildman–Crippen LogP) is 5.10. The molecule has 2 heterocycles. The van der Waals surface area contributed by atoms with Gasteiger partial charge in [0, 0.05) is 16.1 Å². The number of fused-ring (bicyclic) bond motifs is 1. The zero-order valence-electron chi connectivity index (χ0n) is 15.2. The van der Waals surface area contributed by atoms with E-state index in [1.807, 2.05) is 30.5 Å². The molecule has 0 N–H and O–H groups in total. The molecule has 3 aromatic rings. The number of rotatable bonds is 4. The first kappa shape index (κ1) is 18.2. The first-order valence-corrected chi connectivity index (χ1v) is 12.0. The van der Waals surface area contributed by atoms with Crippen molar-refractivity contribution in [2.75, 3.05) is 0 Å². The normalized spacial score (nSPS) is 12.7. The zero-order valence-corrected chi connectivity index (χ0v) is 17.8. The quantitative estimate of drug-likeness (QED) is 0.552. The molecule has 25 heavy (non-hydrogen) atoms. The van der Waals surface area contributed by atoms with Gasteiger partial charge in [0.2, 0.25) is 0 Å². The van der Waals surface area contributed by atoms with Crippen molar-refractivity contribution in [1.29, 1.82) is 0 Å². The number of benzene rings is 1. The molecule has 2 aromatic heterocycles. The van der Waals surface area contributed by atoms with E-state index in [0.717, 1.165) is 21.1 Å². The fourth-order valence-corrected chi connectivity index (χ4v) is 3.48. The van der Waals surface area contributed by atoms with Crippen LogP contribution in [0, 0.1) is 0 Å². The van der Waals surface area contributed by atoms with Crippen LogP contribution < -0.4 is 0 Å². The van der Waals surface area contributed by atoms with Crippen molar-refractivity contribution in [3.05, 3.63) is 46.8 Å². The van der Waals surface area contributed by atoms with E-state index in [2.05, 4.69) is 64.9 Å². The molecule has 0 aliphatic carbocycles. The van der Waals surface area contributed by atoms with Crippen molar-refractivity contribution < 1.29 is 4.43 Å². The minimum atomic E-state index is -1.81. The van der Waals surface area contributed by atoms with Crippen molar-refractivity contribution in [2.24, 2.45) is 0 Å². The Hall–Kier alpha value is -1.57. The summed E-state index contributed by atoms with van der Waals surface area (Å²) in [5.74, 6) is 0.560. The smallest absolute Gasteiger partial charge is 0.251 e. The molecule has 0 bridgehead atoms. The van der Waals surface area contributed by atoms with E-state index in [9.17, 15) is 0 Å². The van der Waals surface area contributed by atoms with Crippen LogP contribution in [0.25, 0.3) is 16.9 Å². The third-order valence-electron chi connectivity index (χ3n) is 4.81. The zero-order chi connectivity index (χ0) is 18.2. The van der Waals surface area contributed by atoms with Crippen LogP contribution in [-0.2, 0) is 11.0 Å². The van der Waals surface area contributed by atoms with Crippen LogP contribution in [0.1, 0.15) is 26.5 Å².